The van der Waals surface area contributed by atoms with Crippen molar-refractivity contribution < 1.29 is 24.2 Å². The Morgan fingerprint density at radius 1 is 0.611 bits per heavy atom. The van der Waals surface area contributed by atoms with Crippen molar-refractivity contribution in [1.82, 2.24) is 0 Å². The number of unbranched alkanes of at least 4 members (excludes halogenated alkanes) is 17. The van der Waals surface area contributed by atoms with E-state index in [1.807, 2.05) is 0 Å². The van der Waals surface area contributed by atoms with Gasteiger partial charge in [0.15, 0.2) is 6.10 Å². The normalized spacial score (nSPS) is 12.2. The quantitative estimate of drug-likeness (QED) is 0.0680. The zero-order chi connectivity index (χ0) is 26.5. The largest absolute Gasteiger partial charge is 0.462 e. The van der Waals surface area contributed by atoms with Crippen molar-refractivity contribution in [2.24, 2.45) is 0 Å². The predicted molar refractivity (Wildman–Crippen MR) is 150 cm³/mol. The maximum absolute atomic E-state index is 12.0. The maximum atomic E-state index is 12.0. The highest BCUT2D eigenvalue weighted by atomic mass is 16.6. The van der Waals surface area contributed by atoms with Gasteiger partial charge in [-0.3, -0.25) is 9.59 Å². The van der Waals surface area contributed by atoms with E-state index in [4.69, 9.17) is 9.47 Å². The van der Waals surface area contributed by atoms with Crippen molar-refractivity contribution in [2.75, 3.05) is 13.2 Å². The molecule has 0 heterocycles. The molecule has 0 fully saturated rings. The van der Waals surface area contributed by atoms with Gasteiger partial charge < -0.3 is 14.6 Å². The molecule has 0 unspecified atom stereocenters. The summed E-state index contributed by atoms with van der Waals surface area (Å²) in [6.07, 6.45) is 28.3. The SMILES string of the molecule is CCCCCC/C=C/CCCCCCCC(=O)O[C@@H](CO)COC(=O)CCCCCCCCCCC. The highest BCUT2D eigenvalue weighted by molar-refractivity contribution is 5.70. The minimum Gasteiger partial charge on any atom is -0.462 e. The number of hydrogen-bond donors (Lipinski definition) is 1. The summed E-state index contributed by atoms with van der Waals surface area (Å²) in [5.74, 6) is -0.603. The van der Waals surface area contributed by atoms with Crippen LogP contribution in [0.5, 0.6) is 0 Å². The number of aliphatic hydroxyl groups is 1. The summed E-state index contributed by atoms with van der Waals surface area (Å²) < 4.78 is 10.5. The molecule has 5 nitrogen and oxygen atoms in total. The first-order chi connectivity index (χ1) is 17.6. The Balaban J connectivity index is 3.61. The van der Waals surface area contributed by atoms with Crippen molar-refractivity contribution in [2.45, 2.75) is 161 Å². The van der Waals surface area contributed by atoms with Gasteiger partial charge in [-0.15, -0.1) is 0 Å². The summed E-state index contributed by atoms with van der Waals surface area (Å²) in [6, 6.07) is 0. The molecule has 0 aliphatic rings. The Bertz CT molecular complexity index is 517. The Hall–Kier alpha value is -1.36. The molecule has 5 heteroatoms. The molecule has 1 atom stereocenters. The van der Waals surface area contributed by atoms with E-state index >= 15 is 0 Å². The van der Waals surface area contributed by atoms with Crippen LogP contribution < -0.4 is 0 Å². The van der Waals surface area contributed by atoms with Gasteiger partial charge in [-0.25, -0.2) is 0 Å². The molecule has 0 aliphatic carbocycles. The van der Waals surface area contributed by atoms with Gasteiger partial charge in [-0.05, 0) is 38.5 Å². The second-order valence-corrected chi connectivity index (χ2v) is 10.2. The Morgan fingerprint density at radius 2 is 1.03 bits per heavy atom. The fourth-order valence-corrected chi connectivity index (χ4v) is 4.19. The number of carbonyl (C=O) groups is 2. The van der Waals surface area contributed by atoms with E-state index in [1.165, 1.54) is 83.5 Å². The lowest BCUT2D eigenvalue weighted by Crippen LogP contribution is -2.28. The van der Waals surface area contributed by atoms with Crippen molar-refractivity contribution >= 4 is 11.9 Å². The lowest BCUT2D eigenvalue weighted by Gasteiger charge is -2.15. The first-order valence-electron chi connectivity index (χ1n) is 15.2. The van der Waals surface area contributed by atoms with E-state index in [2.05, 4.69) is 26.0 Å². The third-order valence-corrected chi connectivity index (χ3v) is 6.56. The number of allylic oxidation sites excluding steroid dienone is 2. The molecule has 0 aromatic carbocycles. The smallest absolute Gasteiger partial charge is 0.306 e. The summed E-state index contributed by atoms with van der Waals surface area (Å²) in [5, 5.41) is 9.45. The van der Waals surface area contributed by atoms with Gasteiger partial charge in [0.1, 0.15) is 6.61 Å². The molecule has 0 aromatic heterocycles. The number of esters is 2. The van der Waals surface area contributed by atoms with E-state index in [9.17, 15) is 14.7 Å². The van der Waals surface area contributed by atoms with Crippen molar-refractivity contribution in [3.8, 4) is 0 Å². The number of carbonyl (C=O) groups excluding carboxylic acids is 2. The van der Waals surface area contributed by atoms with Crippen LogP contribution >= 0.6 is 0 Å². The minimum atomic E-state index is -0.765. The zero-order valence-electron chi connectivity index (χ0n) is 23.8. The lowest BCUT2D eigenvalue weighted by atomic mass is 10.1. The number of aliphatic hydroxyl groups excluding tert-OH is 1. The molecule has 0 rings (SSSR count). The number of hydrogen-bond acceptors (Lipinski definition) is 5. The molecular formula is C31H58O5. The fourth-order valence-electron chi connectivity index (χ4n) is 4.19. The van der Waals surface area contributed by atoms with Gasteiger partial charge in [0.2, 0.25) is 0 Å². The van der Waals surface area contributed by atoms with Crippen molar-refractivity contribution in [3.63, 3.8) is 0 Å². The summed E-state index contributed by atoms with van der Waals surface area (Å²) in [4.78, 5) is 23.9. The van der Waals surface area contributed by atoms with Crippen LogP contribution in [0.3, 0.4) is 0 Å². The van der Waals surface area contributed by atoms with Crippen LogP contribution in [-0.2, 0) is 19.1 Å². The molecule has 0 saturated heterocycles. The fraction of sp³-hybridized carbons (Fsp3) is 0.871. The van der Waals surface area contributed by atoms with Crippen LogP contribution in [0, 0.1) is 0 Å². The minimum absolute atomic E-state index is 0.0649. The Morgan fingerprint density at radius 3 is 1.53 bits per heavy atom. The van der Waals surface area contributed by atoms with Gasteiger partial charge >= 0.3 is 11.9 Å². The van der Waals surface area contributed by atoms with Gasteiger partial charge in [0.25, 0.3) is 0 Å². The first-order valence-corrected chi connectivity index (χ1v) is 15.2. The summed E-state index contributed by atoms with van der Waals surface area (Å²) in [6.45, 7) is 4.07. The molecule has 0 saturated carbocycles. The highest BCUT2D eigenvalue weighted by Crippen LogP contribution is 2.12. The van der Waals surface area contributed by atoms with Crippen molar-refractivity contribution in [1.29, 1.82) is 0 Å². The lowest BCUT2D eigenvalue weighted by molar-refractivity contribution is -0.161. The van der Waals surface area contributed by atoms with E-state index in [0.29, 0.717) is 12.8 Å². The summed E-state index contributed by atoms with van der Waals surface area (Å²) in [7, 11) is 0. The molecular weight excluding hydrogens is 452 g/mol. The van der Waals surface area contributed by atoms with Crippen LogP contribution in [0.15, 0.2) is 12.2 Å². The molecule has 36 heavy (non-hydrogen) atoms. The van der Waals surface area contributed by atoms with E-state index < -0.39 is 6.10 Å². The Labute approximate surface area is 222 Å². The van der Waals surface area contributed by atoms with Crippen LogP contribution in [0.1, 0.15) is 155 Å². The monoisotopic (exact) mass is 510 g/mol. The van der Waals surface area contributed by atoms with Gasteiger partial charge in [0.05, 0.1) is 6.61 Å². The van der Waals surface area contributed by atoms with Crippen LogP contribution in [0.25, 0.3) is 0 Å². The van der Waals surface area contributed by atoms with Gasteiger partial charge in [-0.1, -0.05) is 116 Å². The second kappa shape index (κ2) is 28.2. The summed E-state index contributed by atoms with van der Waals surface area (Å²) in [5.41, 5.74) is 0. The third kappa shape index (κ3) is 25.7. The highest BCUT2D eigenvalue weighted by Gasteiger charge is 2.16. The third-order valence-electron chi connectivity index (χ3n) is 6.56. The predicted octanol–water partition coefficient (Wildman–Crippen LogP) is 8.61. The van der Waals surface area contributed by atoms with Crippen LogP contribution in [0.2, 0.25) is 0 Å². The molecule has 1 N–H and O–H groups in total. The topological polar surface area (TPSA) is 72.8 Å². The van der Waals surface area contributed by atoms with Crippen LogP contribution in [-0.4, -0.2) is 36.4 Å². The van der Waals surface area contributed by atoms with Gasteiger partial charge in [-0.2, -0.15) is 0 Å². The summed E-state index contributed by atoms with van der Waals surface area (Å²) >= 11 is 0. The first kappa shape index (κ1) is 34.6. The molecule has 212 valence electrons. The average Bonchev–Trinajstić information content (AvgIpc) is 2.88. The zero-order valence-corrected chi connectivity index (χ0v) is 23.8. The molecule has 0 aliphatic heterocycles. The molecule has 0 radical (unpaired) electrons. The van der Waals surface area contributed by atoms with E-state index in [-0.39, 0.29) is 25.2 Å². The molecule has 0 bridgehead atoms. The average molecular weight is 511 g/mol. The van der Waals surface area contributed by atoms with Crippen LogP contribution in [0.4, 0.5) is 0 Å². The molecule has 0 spiro atoms. The van der Waals surface area contributed by atoms with Crippen molar-refractivity contribution in [3.05, 3.63) is 12.2 Å². The standard InChI is InChI=1S/C31H58O5/c1-3-5-7-9-11-13-14-15-16-18-20-22-24-26-31(34)36-29(27-32)28-35-30(33)25-23-21-19-17-12-10-8-6-4-2/h13-14,29,32H,3-12,15-28H2,1-2H3/b14-13+/t29-/m0/s1. The maximum Gasteiger partial charge on any atom is 0.306 e. The molecule has 0 aromatic rings. The number of rotatable bonds is 27. The van der Waals surface area contributed by atoms with Gasteiger partial charge in [0, 0.05) is 12.8 Å². The Kier molecular flexibility index (Phi) is 27.1. The molecule has 0 amide bonds. The van der Waals surface area contributed by atoms with E-state index in [0.717, 1.165) is 44.9 Å². The van der Waals surface area contributed by atoms with E-state index in [1.54, 1.807) is 0 Å². The number of ether oxygens (including phenoxy) is 2. The second-order valence-electron chi connectivity index (χ2n) is 10.2.